The van der Waals surface area contributed by atoms with E-state index in [1.807, 2.05) is 45.0 Å². The summed E-state index contributed by atoms with van der Waals surface area (Å²) in [6.07, 6.45) is -0.435. The molecule has 0 saturated heterocycles. The first-order valence-corrected chi connectivity index (χ1v) is 7.15. The van der Waals surface area contributed by atoms with Crippen LogP contribution in [0.25, 0.3) is 10.1 Å². The molecule has 1 aromatic carbocycles. The lowest BCUT2D eigenvalue weighted by Gasteiger charge is -2.19. The third-order valence-electron chi connectivity index (χ3n) is 2.15. The van der Waals surface area contributed by atoms with Crippen LogP contribution in [0.15, 0.2) is 28.7 Å². The van der Waals surface area contributed by atoms with Crippen molar-refractivity contribution in [2.45, 2.75) is 26.4 Å². The zero-order chi connectivity index (χ0) is 13.3. The summed E-state index contributed by atoms with van der Waals surface area (Å²) in [6, 6.07) is 7.97. The van der Waals surface area contributed by atoms with Crippen molar-refractivity contribution in [2.24, 2.45) is 0 Å². The Hall–Kier alpha value is -1.07. The molecule has 0 bridgehead atoms. The van der Waals surface area contributed by atoms with Crippen LogP contribution in [0.4, 0.5) is 9.80 Å². The van der Waals surface area contributed by atoms with E-state index in [-0.39, 0.29) is 0 Å². The Balaban J connectivity index is 2.22. The maximum absolute atomic E-state index is 11.7. The number of ether oxygens (including phenoxy) is 1. The second-order valence-electron chi connectivity index (χ2n) is 4.87. The molecule has 96 valence electrons. The van der Waals surface area contributed by atoms with Crippen molar-refractivity contribution in [2.75, 3.05) is 5.32 Å². The molecule has 0 spiro atoms. The molecule has 0 aliphatic carbocycles. The van der Waals surface area contributed by atoms with Crippen molar-refractivity contribution in [1.82, 2.24) is 0 Å². The molecule has 2 rings (SSSR count). The Kier molecular flexibility index (Phi) is 3.64. The van der Waals surface area contributed by atoms with Crippen LogP contribution >= 0.6 is 27.3 Å². The first-order valence-electron chi connectivity index (χ1n) is 5.54. The van der Waals surface area contributed by atoms with Gasteiger partial charge in [0.25, 0.3) is 0 Å². The Morgan fingerprint density at radius 2 is 2.00 bits per heavy atom. The normalized spacial score (nSPS) is 11.6. The van der Waals surface area contributed by atoms with E-state index in [9.17, 15) is 4.79 Å². The zero-order valence-electron chi connectivity index (χ0n) is 10.4. The van der Waals surface area contributed by atoms with Gasteiger partial charge in [0.1, 0.15) is 10.6 Å². The predicted octanol–water partition coefficient (Wildman–Crippen LogP) is 5.01. The second-order valence-corrected chi connectivity index (χ2v) is 6.71. The highest BCUT2D eigenvalue weighted by Crippen LogP contribution is 2.39. The standard InChI is InChI=1S/C13H14BrNO2S/c1-13(2,3)17-12(16)15-11-10(14)8-6-4-5-7-9(8)18-11/h4-7H,1-3H3,(H,15,16). The molecule has 0 unspecified atom stereocenters. The summed E-state index contributed by atoms with van der Waals surface area (Å²) in [5, 5.41) is 4.63. The number of hydrogen-bond acceptors (Lipinski definition) is 3. The third kappa shape index (κ3) is 3.03. The Morgan fingerprint density at radius 1 is 1.33 bits per heavy atom. The molecular formula is C13H14BrNO2S. The average Bonchev–Trinajstić information content (AvgIpc) is 2.54. The number of fused-ring (bicyclic) bond motifs is 1. The Bertz CT molecular complexity index is 586. The van der Waals surface area contributed by atoms with Gasteiger partial charge < -0.3 is 4.74 Å². The van der Waals surface area contributed by atoms with Crippen LogP contribution in [0, 0.1) is 0 Å². The Morgan fingerprint density at radius 3 is 2.61 bits per heavy atom. The van der Waals surface area contributed by atoms with Crippen molar-refractivity contribution in [3.05, 3.63) is 28.7 Å². The average molecular weight is 328 g/mol. The van der Waals surface area contributed by atoms with Crippen LogP contribution in [-0.4, -0.2) is 11.7 Å². The largest absolute Gasteiger partial charge is 0.444 e. The van der Waals surface area contributed by atoms with Crippen LogP contribution in [0.2, 0.25) is 0 Å². The van der Waals surface area contributed by atoms with Gasteiger partial charge in [0.15, 0.2) is 0 Å². The lowest BCUT2D eigenvalue weighted by atomic mass is 10.2. The summed E-state index contributed by atoms with van der Waals surface area (Å²) in [5.74, 6) is 0. The predicted molar refractivity (Wildman–Crippen MR) is 79.4 cm³/mol. The lowest BCUT2D eigenvalue weighted by molar-refractivity contribution is 0.0636. The van der Waals surface area contributed by atoms with Crippen molar-refractivity contribution in [3.8, 4) is 0 Å². The zero-order valence-corrected chi connectivity index (χ0v) is 12.8. The highest BCUT2D eigenvalue weighted by atomic mass is 79.9. The number of rotatable bonds is 1. The van der Waals surface area contributed by atoms with Gasteiger partial charge in [-0.2, -0.15) is 0 Å². The van der Waals surface area contributed by atoms with Gasteiger partial charge in [-0.25, -0.2) is 4.79 Å². The minimum absolute atomic E-state index is 0.435. The van der Waals surface area contributed by atoms with Gasteiger partial charge in [-0.3, -0.25) is 5.32 Å². The molecule has 1 aromatic heterocycles. The van der Waals surface area contributed by atoms with E-state index in [0.717, 1.165) is 19.6 Å². The number of hydrogen-bond donors (Lipinski definition) is 1. The third-order valence-corrected chi connectivity index (χ3v) is 4.32. The fourth-order valence-electron chi connectivity index (χ4n) is 1.49. The summed E-state index contributed by atoms with van der Waals surface area (Å²) >= 11 is 5.02. The van der Waals surface area contributed by atoms with E-state index < -0.39 is 11.7 Å². The molecule has 0 fully saturated rings. The first kappa shape index (κ1) is 13.4. The molecule has 1 N–H and O–H groups in total. The van der Waals surface area contributed by atoms with Gasteiger partial charge >= 0.3 is 6.09 Å². The van der Waals surface area contributed by atoms with E-state index in [0.29, 0.717) is 0 Å². The van der Waals surface area contributed by atoms with Gasteiger partial charge in [-0.05, 0) is 42.8 Å². The summed E-state index contributed by atoms with van der Waals surface area (Å²) in [6.45, 7) is 5.52. The number of halogens is 1. The quantitative estimate of drug-likeness (QED) is 0.799. The monoisotopic (exact) mass is 327 g/mol. The number of anilines is 1. The summed E-state index contributed by atoms with van der Waals surface area (Å²) in [4.78, 5) is 11.7. The van der Waals surface area contributed by atoms with E-state index in [2.05, 4.69) is 21.2 Å². The minimum atomic E-state index is -0.493. The molecule has 0 aliphatic rings. The van der Waals surface area contributed by atoms with Gasteiger partial charge in [-0.15, -0.1) is 11.3 Å². The maximum Gasteiger partial charge on any atom is 0.412 e. The van der Waals surface area contributed by atoms with Crippen LogP contribution in [0.5, 0.6) is 0 Å². The molecular weight excluding hydrogens is 314 g/mol. The van der Waals surface area contributed by atoms with E-state index >= 15 is 0 Å². The van der Waals surface area contributed by atoms with Crippen molar-refractivity contribution >= 4 is 48.4 Å². The van der Waals surface area contributed by atoms with E-state index in [1.165, 1.54) is 11.3 Å². The van der Waals surface area contributed by atoms with E-state index in [4.69, 9.17) is 4.74 Å². The van der Waals surface area contributed by atoms with E-state index in [1.54, 1.807) is 0 Å². The van der Waals surface area contributed by atoms with Gasteiger partial charge in [0.2, 0.25) is 0 Å². The van der Waals surface area contributed by atoms with Crippen molar-refractivity contribution in [1.29, 1.82) is 0 Å². The van der Waals surface area contributed by atoms with Crippen LogP contribution in [0.1, 0.15) is 20.8 Å². The molecule has 1 amide bonds. The fraction of sp³-hybridized carbons (Fsp3) is 0.308. The number of carbonyl (C=O) groups excluding carboxylic acids is 1. The highest BCUT2D eigenvalue weighted by molar-refractivity contribution is 9.10. The van der Waals surface area contributed by atoms with Crippen molar-refractivity contribution < 1.29 is 9.53 Å². The van der Waals surface area contributed by atoms with Crippen LogP contribution < -0.4 is 5.32 Å². The van der Waals surface area contributed by atoms with Crippen LogP contribution in [-0.2, 0) is 4.74 Å². The van der Waals surface area contributed by atoms with Gasteiger partial charge in [-0.1, -0.05) is 18.2 Å². The maximum atomic E-state index is 11.7. The summed E-state index contributed by atoms with van der Waals surface area (Å²) < 4.78 is 7.25. The molecule has 1 heterocycles. The highest BCUT2D eigenvalue weighted by Gasteiger charge is 2.18. The van der Waals surface area contributed by atoms with Crippen molar-refractivity contribution in [3.63, 3.8) is 0 Å². The molecule has 3 nitrogen and oxygen atoms in total. The summed E-state index contributed by atoms with van der Waals surface area (Å²) in [5.41, 5.74) is -0.493. The molecule has 18 heavy (non-hydrogen) atoms. The molecule has 0 radical (unpaired) electrons. The number of amides is 1. The topological polar surface area (TPSA) is 38.3 Å². The fourth-order valence-corrected chi connectivity index (χ4v) is 3.29. The molecule has 0 atom stereocenters. The molecule has 0 saturated carbocycles. The smallest absolute Gasteiger partial charge is 0.412 e. The van der Waals surface area contributed by atoms with Crippen LogP contribution in [0.3, 0.4) is 0 Å². The SMILES string of the molecule is CC(C)(C)OC(=O)Nc1sc2ccccc2c1Br. The number of carbonyl (C=O) groups is 1. The molecule has 2 aromatic rings. The number of nitrogens with one attached hydrogen (secondary N) is 1. The number of thiophene rings is 1. The van der Waals surface area contributed by atoms with Gasteiger partial charge in [0.05, 0.1) is 4.47 Å². The Labute approximate surface area is 118 Å². The minimum Gasteiger partial charge on any atom is -0.444 e. The second kappa shape index (κ2) is 4.90. The summed E-state index contributed by atoms with van der Waals surface area (Å²) in [7, 11) is 0. The molecule has 0 aliphatic heterocycles. The lowest BCUT2D eigenvalue weighted by Crippen LogP contribution is -2.27. The molecule has 5 heteroatoms. The van der Waals surface area contributed by atoms with Gasteiger partial charge in [0, 0.05) is 10.1 Å². The first-order chi connectivity index (χ1) is 8.37. The number of benzene rings is 1.